The zero-order chi connectivity index (χ0) is 15.9. The second-order valence-electron chi connectivity index (χ2n) is 5.75. The minimum Gasteiger partial charge on any atom is -0.444 e. The number of rotatable bonds is 5. The Kier molecular flexibility index (Phi) is 7.06. The summed E-state index contributed by atoms with van der Waals surface area (Å²) in [6, 6.07) is 7.69. The molecule has 0 atom stereocenters. The number of nitrogens with one attached hydrogen (secondary N) is 1. The first-order valence-corrected chi connectivity index (χ1v) is 7.61. The molecule has 1 aromatic carbocycles. The maximum atomic E-state index is 11.6. The lowest BCUT2D eigenvalue weighted by Gasteiger charge is -2.20. The maximum absolute atomic E-state index is 11.6. The van der Waals surface area contributed by atoms with E-state index < -0.39 is 11.7 Å². The lowest BCUT2D eigenvalue weighted by molar-refractivity contribution is 0.0532. The van der Waals surface area contributed by atoms with E-state index in [4.69, 9.17) is 27.9 Å². The number of carbonyl (C=O) groups is 1. The minimum absolute atomic E-state index is 0.381. The van der Waals surface area contributed by atoms with Crippen molar-refractivity contribution in [3.63, 3.8) is 0 Å². The van der Waals surface area contributed by atoms with Crippen LogP contribution in [0.25, 0.3) is 0 Å². The second-order valence-corrected chi connectivity index (χ2v) is 6.40. The Morgan fingerprint density at radius 3 is 2.43 bits per heavy atom. The van der Waals surface area contributed by atoms with Crippen molar-refractivity contribution in [3.05, 3.63) is 46.0 Å². The van der Waals surface area contributed by atoms with E-state index in [1.165, 1.54) is 11.1 Å². The van der Waals surface area contributed by atoms with Crippen LogP contribution in [0.15, 0.2) is 35.4 Å². The van der Waals surface area contributed by atoms with Crippen molar-refractivity contribution in [2.45, 2.75) is 39.2 Å². The molecule has 0 aliphatic rings. The third-order valence-corrected chi connectivity index (χ3v) is 3.22. The summed E-state index contributed by atoms with van der Waals surface area (Å²) in [6.07, 6.45) is 1.16. The number of hydrogen-bond acceptors (Lipinski definition) is 2. The number of aryl methyl sites for hydroxylation is 1. The van der Waals surface area contributed by atoms with E-state index in [-0.39, 0.29) is 0 Å². The van der Waals surface area contributed by atoms with Crippen molar-refractivity contribution >= 4 is 29.3 Å². The summed E-state index contributed by atoms with van der Waals surface area (Å²) < 4.78 is 5.17. The summed E-state index contributed by atoms with van der Waals surface area (Å²) in [6.45, 7) is 5.86. The predicted molar refractivity (Wildman–Crippen MR) is 87.9 cm³/mol. The van der Waals surface area contributed by atoms with E-state index in [0.29, 0.717) is 6.54 Å². The van der Waals surface area contributed by atoms with Gasteiger partial charge in [-0.05, 0) is 56.9 Å². The monoisotopic (exact) mass is 329 g/mol. The molecule has 3 nitrogen and oxygen atoms in total. The SMILES string of the molecule is CC(C)(C)OC(=O)NCC(=CCl)CCc1ccc(Cl)cc1. The number of halogens is 2. The third-order valence-electron chi connectivity index (χ3n) is 2.66. The van der Waals surface area contributed by atoms with Gasteiger partial charge in [-0.3, -0.25) is 0 Å². The van der Waals surface area contributed by atoms with Gasteiger partial charge < -0.3 is 10.1 Å². The highest BCUT2D eigenvalue weighted by molar-refractivity contribution is 6.30. The fourth-order valence-corrected chi connectivity index (χ4v) is 1.95. The molecular weight excluding hydrogens is 309 g/mol. The third kappa shape index (κ3) is 7.98. The van der Waals surface area contributed by atoms with E-state index >= 15 is 0 Å². The van der Waals surface area contributed by atoms with Crippen molar-refractivity contribution in [1.29, 1.82) is 0 Å². The summed E-state index contributed by atoms with van der Waals surface area (Å²) in [5, 5.41) is 3.42. The second kappa shape index (κ2) is 8.30. The molecule has 1 amide bonds. The number of carbonyl (C=O) groups excluding carboxylic acids is 1. The van der Waals surface area contributed by atoms with Crippen LogP contribution in [0.3, 0.4) is 0 Å². The first-order valence-electron chi connectivity index (χ1n) is 6.79. The van der Waals surface area contributed by atoms with E-state index in [1.807, 2.05) is 45.0 Å². The quantitative estimate of drug-likeness (QED) is 0.832. The fourth-order valence-electron chi connectivity index (χ4n) is 1.64. The highest BCUT2D eigenvalue weighted by Crippen LogP contribution is 2.14. The Hall–Kier alpha value is -1.19. The number of alkyl carbamates (subject to hydrolysis) is 1. The van der Waals surface area contributed by atoms with Crippen LogP contribution in [-0.2, 0) is 11.2 Å². The van der Waals surface area contributed by atoms with Gasteiger partial charge in [-0.1, -0.05) is 35.3 Å². The fraction of sp³-hybridized carbons (Fsp3) is 0.438. The van der Waals surface area contributed by atoms with Crippen LogP contribution in [0.2, 0.25) is 5.02 Å². The average molecular weight is 330 g/mol. The van der Waals surface area contributed by atoms with Crippen molar-refractivity contribution in [3.8, 4) is 0 Å². The van der Waals surface area contributed by atoms with Crippen molar-refractivity contribution < 1.29 is 9.53 Å². The Labute approximate surface area is 136 Å². The number of hydrogen-bond donors (Lipinski definition) is 1. The molecule has 0 aromatic heterocycles. The number of benzene rings is 1. The van der Waals surface area contributed by atoms with Gasteiger partial charge in [0.1, 0.15) is 5.60 Å². The molecule has 0 heterocycles. The first-order chi connectivity index (χ1) is 9.80. The van der Waals surface area contributed by atoms with Crippen LogP contribution in [0.5, 0.6) is 0 Å². The summed E-state index contributed by atoms with van der Waals surface area (Å²) in [7, 11) is 0. The molecule has 0 saturated carbocycles. The Bertz CT molecular complexity index is 490. The number of ether oxygens (including phenoxy) is 1. The van der Waals surface area contributed by atoms with Crippen LogP contribution in [-0.4, -0.2) is 18.2 Å². The van der Waals surface area contributed by atoms with Crippen LogP contribution in [0.4, 0.5) is 4.79 Å². The largest absolute Gasteiger partial charge is 0.444 e. The van der Waals surface area contributed by atoms with Gasteiger partial charge >= 0.3 is 6.09 Å². The van der Waals surface area contributed by atoms with Gasteiger partial charge in [0.15, 0.2) is 0 Å². The molecule has 0 spiro atoms. The molecule has 0 aliphatic heterocycles. The molecule has 0 bridgehead atoms. The zero-order valence-electron chi connectivity index (χ0n) is 12.6. The summed E-state index contributed by atoms with van der Waals surface area (Å²) in [5.74, 6) is 0. The molecular formula is C16H21Cl2NO2. The average Bonchev–Trinajstić information content (AvgIpc) is 2.39. The molecule has 0 fully saturated rings. The minimum atomic E-state index is -0.502. The number of amides is 1. The Balaban J connectivity index is 2.39. The predicted octanol–water partition coefficient (Wildman–Crippen LogP) is 4.92. The van der Waals surface area contributed by atoms with E-state index in [2.05, 4.69) is 5.32 Å². The molecule has 5 heteroatoms. The van der Waals surface area contributed by atoms with E-state index in [1.54, 1.807) is 0 Å². The molecule has 21 heavy (non-hydrogen) atoms. The Morgan fingerprint density at radius 1 is 1.29 bits per heavy atom. The van der Waals surface area contributed by atoms with Crippen molar-refractivity contribution in [2.75, 3.05) is 6.54 Å². The van der Waals surface area contributed by atoms with E-state index in [9.17, 15) is 4.79 Å². The maximum Gasteiger partial charge on any atom is 0.407 e. The van der Waals surface area contributed by atoms with Gasteiger partial charge in [-0.15, -0.1) is 0 Å². The standard InChI is InChI=1S/C16H21Cl2NO2/c1-16(2,3)21-15(20)19-11-13(10-17)5-4-12-6-8-14(18)9-7-12/h6-10H,4-5,11H2,1-3H3,(H,19,20). The molecule has 0 saturated heterocycles. The van der Waals surface area contributed by atoms with Crippen LogP contribution >= 0.6 is 23.2 Å². The van der Waals surface area contributed by atoms with Gasteiger partial charge in [-0.2, -0.15) is 0 Å². The van der Waals surface area contributed by atoms with Crippen molar-refractivity contribution in [1.82, 2.24) is 5.32 Å². The van der Waals surface area contributed by atoms with Gasteiger partial charge in [-0.25, -0.2) is 4.79 Å². The smallest absolute Gasteiger partial charge is 0.407 e. The van der Waals surface area contributed by atoms with Crippen LogP contribution in [0.1, 0.15) is 32.8 Å². The molecule has 1 N–H and O–H groups in total. The lowest BCUT2D eigenvalue weighted by atomic mass is 10.1. The summed E-state index contributed by atoms with van der Waals surface area (Å²) >= 11 is 11.6. The summed E-state index contributed by atoms with van der Waals surface area (Å²) in [4.78, 5) is 11.6. The van der Waals surface area contributed by atoms with Gasteiger partial charge in [0.25, 0.3) is 0 Å². The van der Waals surface area contributed by atoms with Gasteiger partial charge in [0, 0.05) is 17.1 Å². The highest BCUT2D eigenvalue weighted by atomic mass is 35.5. The molecule has 0 radical (unpaired) electrons. The lowest BCUT2D eigenvalue weighted by Crippen LogP contribution is -2.33. The molecule has 1 aromatic rings. The normalized spacial score (nSPS) is 12.1. The molecule has 1 rings (SSSR count). The highest BCUT2D eigenvalue weighted by Gasteiger charge is 2.15. The molecule has 116 valence electrons. The first kappa shape index (κ1) is 17.9. The molecule has 0 aliphatic carbocycles. The zero-order valence-corrected chi connectivity index (χ0v) is 14.1. The summed E-state index contributed by atoms with van der Waals surface area (Å²) in [5.41, 5.74) is 3.12. The van der Waals surface area contributed by atoms with Gasteiger partial charge in [0.05, 0.1) is 0 Å². The van der Waals surface area contributed by atoms with E-state index in [0.717, 1.165) is 23.4 Å². The van der Waals surface area contributed by atoms with Crippen LogP contribution in [0, 0.1) is 0 Å². The van der Waals surface area contributed by atoms with Gasteiger partial charge in [0.2, 0.25) is 0 Å². The van der Waals surface area contributed by atoms with Crippen LogP contribution < -0.4 is 5.32 Å². The van der Waals surface area contributed by atoms with Crippen molar-refractivity contribution in [2.24, 2.45) is 0 Å². The topological polar surface area (TPSA) is 38.3 Å². The molecule has 0 unspecified atom stereocenters. The Morgan fingerprint density at radius 2 is 1.90 bits per heavy atom.